The van der Waals surface area contributed by atoms with E-state index in [9.17, 15) is 14.4 Å². The molecule has 152 valence electrons. The molecule has 0 N–H and O–H groups in total. The van der Waals surface area contributed by atoms with Crippen LogP contribution in [0.3, 0.4) is 0 Å². The highest BCUT2D eigenvalue weighted by atomic mass is 19.1. The van der Waals surface area contributed by atoms with Crippen LogP contribution in [-0.4, -0.2) is 52.9 Å². The van der Waals surface area contributed by atoms with Crippen molar-refractivity contribution in [3.63, 3.8) is 0 Å². The SMILES string of the molecule is C[C@@H]1Cc2c(nn(C)c2C(=O)N2CCN(c3ccc(F)cc3C#N)CC2)[C@H](C)O1. The number of halogens is 1. The van der Waals surface area contributed by atoms with E-state index in [0.717, 1.165) is 11.3 Å². The summed E-state index contributed by atoms with van der Waals surface area (Å²) < 4.78 is 20.9. The van der Waals surface area contributed by atoms with Crippen molar-refractivity contribution in [2.24, 2.45) is 7.05 Å². The minimum absolute atomic E-state index is 0.0261. The van der Waals surface area contributed by atoms with E-state index in [4.69, 9.17) is 4.74 Å². The second-order valence-corrected chi connectivity index (χ2v) is 7.68. The first-order chi connectivity index (χ1) is 13.9. The second-order valence-electron chi connectivity index (χ2n) is 7.68. The molecule has 7 nitrogen and oxygen atoms in total. The Labute approximate surface area is 169 Å². The average Bonchev–Trinajstić information content (AvgIpc) is 3.03. The largest absolute Gasteiger partial charge is 0.369 e. The first kappa shape index (κ1) is 19.4. The highest BCUT2D eigenvalue weighted by molar-refractivity contribution is 5.94. The molecule has 29 heavy (non-hydrogen) atoms. The lowest BCUT2D eigenvalue weighted by molar-refractivity contribution is -0.00714. The summed E-state index contributed by atoms with van der Waals surface area (Å²) in [6, 6.07) is 6.30. The van der Waals surface area contributed by atoms with Crippen molar-refractivity contribution in [2.45, 2.75) is 32.5 Å². The van der Waals surface area contributed by atoms with Gasteiger partial charge < -0.3 is 14.5 Å². The Morgan fingerprint density at radius 2 is 2.00 bits per heavy atom. The monoisotopic (exact) mass is 397 g/mol. The van der Waals surface area contributed by atoms with E-state index in [2.05, 4.69) is 11.2 Å². The summed E-state index contributed by atoms with van der Waals surface area (Å²) in [6.07, 6.45) is 0.601. The molecule has 0 radical (unpaired) electrons. The van der Waals surface area contributed by atoms with Gasteiger partial charge in [0.05, 0.1) is 29.2 Å². The Morgan fingerprint density at radius 1 is 1.28 bits per heavy atom. The molecule has 0 bridgehead atoms. The van der Waals surface area contributed by atoms with Crippen molar-refractivity contribution in [1.82, 2.24) is 14.7 Å². The smallest absolute Gasteiger partial charge is 0.272 e. The number of rotatable bonds is 2. The molecule has 2 aliphatic rings. The molecule has 1 saturated heterocycles. The number of benzene rings is 1. The van der Waals surface area contributed by atoms with Gasteiger partial charge in [0.1, 0.15) is 17.6 Å². The maximum atomic E-state index is 13.4. The molecule has 0 aliphatic carbocycles. The molecule has 2 aliphatic heterocycles. The molecule has 0 unspecified atom stereocenters. The van der Waals surface area contributed by atoms with Gasteiger partial charge in [0, 0.05) is 45.2 Å². The van der Waals surface area contributed by atoms with E-state index >= 15 is 0 Å². The Balaban J connectivity index is 1.52. The molecule has 8 heteroatoms. The number of carbonyl (C=O) groups excluding carboxylic acids is 1. The third-order valence-electron chi connectivity index (χ3n) is 5.68. The molecule has 2 aromatic rings. The zero-order valence-electron chi connectivity index (χ0n) is 16.9. The number of piperazine rings is 1. The topological polar surface area (TPSA) is 74.4 Å². The van der Waals surface area contributed by atoms with Crippen LogP contribution in [0, 0.1) is 17.1 Å². The van der Waals surface area contributed by atoms with E-state index in [1.54, 1.807) is 17.8 Å². The van der Waals surface area contributed by atoms with E-state index in [-0.39, 0.29) is 18.1 Å². The average molecular weight is 397 g/mol. The van der Waals surface area contributed by atoms with Crippen LogP contribution in [0.25, 0.3) is 0 Å². The van der Waals surface area contributed by atoms with Gasteiger partial charge in [-0.15, -0.1) is 0 Å². The summed E-state index contributed by atoms with van der Waals surface area (Å²) in [5.41, 5.74) is 3.48. The molecular weight excluding hydrogens is 373 g/mol. The zero-order chi connectivity index (χ0) is 20.7. The van der Waals surface area contributed by atoms with Gasteiger partial charge in [-0.1, -0.05) is 0 Å². The van der Waals surface area contributed by atoms with Crippen LogP contribution in [0.15, 0.2) is 18.2 Å². The van der Waals surface area contributed by atoms with Crippen LogP contribution < -0.4 is 4.90 Å². The molecule has 1 amide bonds. The molecule has 3 heterocycles. The van der Waals surface area contributed by atoms with E-state index in [0.29, 0.717) is 49.5 Å². The lowest BCUT2D eigenvalue weighted by atomic mass is 9.99. The molecule has 1 fully saturated rings. The van der Waals surface area contributed by atoms with Crippen LogP contribution in [0.1, 0.15) is 47.3 Å². The number of amides is 1. The van der Waals surface area contributed by atoms with Crippen LogP contribution in [0.4, 0.5) is 10.1 Å². The first-order valence-corrected chi connectivity index (χ1v) is 9.84. The van der Waals surface area contributed by atoms with Crippen LogP contribution in [0.5, 0.6) is 0 Å². The summed E-state index contributed by atoms with van der Waals surface area (Å²) >= 11 is 0. The summed E-state index contributed by atoms with van der Waals surface area (Å²) in [6.45, 7) is 6.20. The van der Waals surface area contributed by atoms with Gasteiger partial charge >= 0.3 is 0 Å². The number of carbonyl (C=O) groups is 1. The fourth-order valence-corrected chi connectivity index (χ4v) is 4.31. The number of anilines is 1. The Bertz CT molecular complexity index is 988. The molecule has 1 aromatic heterocycles. The van der Waals surface area contributed by atoms with Gasteiger partial charge in [-0.25, -0.2) is 4.39 Å². The van der Waals surface area contributed by atoms with E-state index < -0.39 is 5.82 Å². The van der Waals surface area contributed by atoms with Gasteiger partial charge in [-0.2, -0.15) is 10.4 Å². The van der Waals surface area contributed by atoms with Crippen molar-refractivity contribution >= 4 is 11.6 Å². The van der Waals surface area contributed by atoms with Gasteiger partial charge in [-0.3, -0.25) is 9.48 Å². The first-order valence-electron chi connectivity index (χ1n) is 9.84. The maximum Gasteiger partial charge on any atom is 0.272 e. The quantitative estimate of drug-likeness (QED) is 0.778. The summed E-state index contributed by atoms with van der Waals surface area (Å²) in [7, 11) is 1.80. The van der Waals surface area contributed by atoms with Gasteiger partial charge in [0.2, 0.25) is 0 Å². The molecule has 2 atom stereocenters. The molecule has 0 saturated carbocycles. The molecular formula is C21H24FN5O2. The van der Waals surface area contributed by atoms with Crippen LogP contribution in [-0.2, 0) is 18.2 Å². The highest BCUT2D eigenvalue weighted by Crippen LogP contribution is 2.32. The standard InChI is InChI=1S/C21H24FN5O2/c1-13-10-17-19(14(2)29-13)24-25(3)20(17)21(28)27-8-6-26(7-9-27)18-5-4-16(22)11-15(18)12-23/h4-5,11,13-14H,6-10H2,1-3H3/t13-,14+/m1/s1. The Hall–Kier alpha value is -2.92. The second kappa shape index (κ2) is 7.48. The molecule has 4 rings (SSSR count). The minimum atomic E-state index is -0.424. The number of nitriles is 1. The fraction of sp³-hybridized carbons (Fsp3) is 0.476. The number of nitrogens with zero attached hydrogens (tertiary/aromatic N) is 5. The number of aromatic nitrogens is 2. The predicted octanol–water partition coefficient (Wildman–Crippen LogP) is 2.42. The van der Waals surface area contributed by atoms with Gasteiger partial charge in [-0.05, 0) is 32.0 Å². The van der Waals surface area contributed by atoms with E-state index in [1.165, 1.54) is 12.1 Å². The number of ether oxygens (including phenoxy) is 1. The van der Waals surface area contributed by atoms with Gasteiger partial charge in [0.25, 0.3) is 5.91 Å². The Morgan fingerprint density at radius 3 is 2.69 bits per heavy atom. The molecule has 0 spiro atoms. The summed E-state index contributed by atoms with van der Waals surface area (Å²) in [5, 5.41) is 13.8. The van der Waals surface area contributed by atoms with Crippen molar-refractivity contribution in [3.8, 4) is 6.07 Å². The number of aryl methyl sites for hydroxylation is 1. The van der Waals surface area contributed by atoms with Gasteiger partial charge in [0.15, 0.2) is 0 Å². The van der Waals surface area contributed by atoms with Crippen molar-refractivity contribution in [2.75, 3.05) is 31.1 Å². The number of hydrogen-bond donors (Lipinski definition) is 0. The normalized spacial score (nSPS) is 21.6. The van der Waals surface area contributed by atoms with Crippen molar-refractivity contribution < 1.29 is 13.9 Å². The summed E-state index contributed by atoms with van der Waals surface area (Å²) in [4.78, 5) is 17.1. The number of hydrogen-bond acceptors (Lipinski definition) is 5. The molecule has 1 aromatic carbocycles. The van der Waals surface area contributed by atoms with Crippen molar-refractivity contribution in [1.29, 1.82) is 5.26 Å². The van der Waals surface area contributed by atoms with E-state index in [1.807, 2.05) is 23.6 Å². The minimum Gasteiger partial charge on any atom is -0.369 e. The maximum absolute atomic E-state index is 13.4. The highest BCUT2D eigenvalue weighted by Gasteiger charge is 2.34. The predicted molar refractivity (Wildman–Crippen MR) is 105 cm³/mol. The summed E-state index contributed by atoms with van der Waals surface area (Å²) in [5.74, 6) is -0.450. The number of fused-ring (bicyclic) bond motifs is 1. The Kier molecular flexibility index (Phi) is 5.01. The third kappa shape index (κ3) is 3.47. The van der Waals surface area contributed by atoms with Crippen LogP contribution >= 0.6 is 0 Å². The third-order valence-corrected chi connectivity index (χ3v) is 5.68. The lowest BCUT2D eigenvalue weighted by Crippen LogP contribution is -2.49. The zero-order valence-corrected chi connectivity index (χ0v) is 16.9. The van der Waals surface area contributed by atoms with Crippen LogP contribution in [0.2, 0.25) is 0 Å². The van der Waals surface area contributed by atoms with Crippen molar-refractivity contribution in [3.05, 3.63) is 46.5 Å². The lowest BCUT2D eigenvalue weighted by Gasteiger charge is -2.36. The fourth-order valence-electron chi connectivity index (χ4n) is 4.31.